The minimum atomic E-state index is -3.41. The Morgan fingerprint density at radius 2 is 1.22 bits per heavy atom. The quantitative estimate of drug-likeness (QED) is 0.151. The second-order valence-corrected chi connectivity index (χ2v) is 10.2. The molecule has 15 heteroatoms. The Bertz CT molecular complexity index is 1990. The van der Waals surface area contributed by atoms with Crippen LogP contribution in [0.5, 0.6) is 0 Å². The lowest BCUT2D eigenvalue weighted by molar-refractivity contribution is -0.207. The van der Waals surface area contributed by atoms with Crippen molar-refractivity contribution in [3.05, 3.63) is 133 Å². The number of rotatable bonds is 8. The largest absolute Gasteiger partial charge is 0.478 e. The molecule has 1 fully saturated rings. The van der Waals surface area contributed by atoms with Gasteiger partial charge in [0.15, 0.2) is 11.2 Å². The highest BCUT2D eigenvalue weighted by atomic mass is 16.6. The van der Waals surface area contributed by atoms with Gasteiger partial charge in [-0.1, -0.05) is 54.6 Å². The van der Waals surface area contributed by atoms with Crippen LogP contribution in [0, 0.1) is 0 Å². The van der Waals surface area contributed by atoms with Crippen molar-refractivity contribution in [1.82, 2.24) is 14.3 Å². The minimum absolute atomic E-state index is 0.360. The standard InChI is InChI=1S/C30H25N3O12/c1-32-23(35)14-31-33(27(32)42)30(21-13-7-4-10-18(21)26(40)41)29(44,20-12-6-3-9-17(20)25(38)39)28(43,22(15-34)45-30)19-11-5-2-8-16(19)24(36)37/h2-14,22,34,43-44H,15H2,1H3,(H,36,37)(H,38,39)(H,40,41)/t22-,28-,29-,30-/m1/s1. The maximum Gasteiger partial charge on any atom is 0.350 e. The van der Waals surface area contributed by atoms with Crippen LogP contribution in [0.3, 0.4) is 0 Å². The summed E-state index contributed by atoms with van der Waals surface area (Å²) in [5.41, 5.74) is -15.7. The first kappa shape index (κ1) is 31.0. The highest BCUT2D eigenvalue weighted by Crippen LogP contribution is 2.63. The highest BCUT2D eigenvalue weighted by molar-refractivity contribution is 5.92. The number of hydrogen-bond acceptors (Lipinski definition) is 10. The van der Waals surface area contributed by atoms with Crippen LogP contribution in [0.2, 0.25) is 0 Å². The second kappa shape index (κ2) is 10.9. The van der Waals surface area contributed by atoms with Crippen LogP contribution in [-0.2, 0) is 28.7 Å². The maximum absolute atomic E-state index is 13.9. The van der Waals surface area contributed by atoms with Gasteiger partial charge >= 0.3 is 23.6 Å². The number of aliphatic hydroxyl groups excluding tert-OH is 1. The molecular formula is C30H25N3O12. The van der Waals surface area contributed by atoms with Crippen LogP contribution in [0.4, 0.5) is 0 Å². The third-order valence-corrected chi connectivity index (χ3v) is 8.01. The number of aromatic carboxylic acids is 3. The Hall–Kier alpha value is -5.48. The molecular weight excluding hydrogens is 594 g/mol. The van der Waals surface area contributed by atoms with Gasteiger partial charge in [-0.2, -0.15) is 9.78 Å². The molecule has 2 heterocycles. The smallest absolute Gasteiger partial charge is 0.350 e. The first-order valence-electron chi connectivity index (χ1n) is 13.2. The monoisotopic (exact) mass is 619 g/mol. The maximum atomic E-state index is 13.9. The molecule has 0 radical (unpaired) electrons. The molecule has 1 saturated heterocycles. The van der Waals surface area contributed by atoms with Crippen molar-refractivity contribution < 1.29 is 49.8 Å². The fraction of sp³-hybridized carbons (Fsp3) is 0.200. The molecule has 0 aliphatic carbocycles. The average molecular weight is 620 g/mol. The second-order valence-electron chi connectivity index (χ2n) is 10.2. The molecule has 0 saturated carbocycles. The number of ether oxygens (including phenoxy) is 1. The van der Waals surface area contributed by atoms with Gasteiger partial charge in [-0.05, 0) is 18.2 Å². The van der Waals surface area contributed by atoms with Gasteiger partial charge in [-0.3, -0.25) is 9.36 Å². The van der Waals surface area contributed by atoms with Gasteiger partial charge in [0.25, 0.3) is 5.56 Å². The number of carboxylic acid groups (broad SMARTS) is 3. The molecule has 1 aliphatic heterocycles. The summed E-state index contributed by atoms with van der Waals surface area (Å²) in [4.78, 5) is 64.0. The Kier molecular flexibility index (Phi) is 7.50. The van der Waals surface area contributed by atoms with Crippen LogP contribution in [0.15, 0.2) is 88.6 Å². The predicted octanol–water partition coefficient (Wildman–Crippen LogP) is -0.0956. The zero-order chi connectivity index (χ0) is 32.9. The topological polar surface area (TPSA) is 239 Å². The summed E-state index contributed by atoms with van der Waals surface area (Å²) in [6.07, 6.45) is -1.46. The zero-order valence-corrected chi connectivity index (χ0v) is 23.3. The normalized spacial score (nSPS) is 24.3. The summed E-state index contributed by atoms with van der Waals surface area (Å²) in [7, 11) is 1.04. The highest BCUT2D eigenvalue weighted by Gasteiger charge is 2.78. The average Bonchev–Trinajstić information content (AvgIpc) is 3.24. The van der Waals surface area contributed by atoms with Crippen molar-refractivity contribution in [2.45, 2.75) is 23.0 Å². The van der Waals surface area contributed by atoms with E-state index in [2.05, 4.69) is 5.10 Å². The Morgan fingerprint density at radius 3 is 1.73 bits per heavy atom. The van der Waals surface area contributed by atoms with E-state index < -0.39 is 92.2 Å². The van der Waals surface area contributed by atoms with Gasteiger partial charge in [0.05, 0.1) is 23.3 Å². The molecule has 4 atom stereocenters. The van der Waals surface area contributed by atoms with E-state index in [1.165, 1.54) is 36.4 Å². The first-order valence-corrected chi connectivity index (χ1v) is 13.2. The molecule has 232 valence electrons. The molecule has 15 nitrogen and oxygen atoms in total. The van der Waals surface area contributed by atoms with E-state index in [-0.39, 0.29) is 0 Å². The number of carbonyl (C=O) groups is 3. The molecule has 1 aromatic heterocycles. The fourth-order valence-corrected chi connectivity index (χ4v) is 6.02. The third kappa shape index (κ3) is 4.13. The Labute approximate surface area is 252 Å². The lowest BCUT2D eigenvalue weighted by Crippen LogP contribution is -2.65. The van der Waals surface area contributed by atoms with E-state index >= 15 is 0 Å². The van der Waals surface area contributed by atoms with Gasteiger partial charge < -0.3 is 35.4 Å². The summed E-state index contributed by atoms with van der Waals surface area (Å²) in [5.74, 6) is -4.88. The Morgan fingerprint density at radius 1 is 0.778 bits per heavy atom. The van der Waals surface area contributed by atoms with E-state index in [1.807, 2.05) is 0 Å². The van der Waals surface area contributed by atoms with Crippen LogP contribution in [0.1, 0.15) is 47.8 Å². The molecule has 4 aromatic rings. The molecule has 0 unspecified atom stereocenters. The molecule has 45 heavy (non-hydrogen) atoms. The third-order valence-electron chi connectivity index (χ3n) is 8.01. The molecule has 0 bridgehead atoms. The van der Waals surface area contributed by atoms with Crippen LogP contribution >= 0.6 is 0 Å². The molecule has 3 aromatic carbocycles. The van der Waals surface area contributed by atoms with Crippen molar-refractivity contribution in [3.63, 3.8) is 0 Å². The number of nitrogens with zero attached hydrogens (tertiary/aromatic N) is 3. The minimum Gasteiger partial charge on any atom is -0.478 e. The molecule has 6 N–H and O–H groups in total. The number of aromatic nitrogens is 3. The molecule has 0 spiro atoms. The number of carboxylic acids is 3. The fourth-order valence-electron chi connectivity index (χ4n) is 6.02. The number of hydrogen-bond donors (Lipinski definition) is 6. The summed E-state index contributed by atoms with van der Waals surface area (Å²) in [6.45, 7) is -1.19. The van der Waals surface area contributed by atoms with Crippen molar-refractivity contribution in [2.24, 2.45) is 7.05 Å². The zero-order valence-electron chi connectivity index (χ0n) is 23.3. The van der Waals surface area contributed by atoms with Gasteiger partial charge in [0.2, 0.25) is 5.72 Å². The van der Waals surface area contributed by atoms with Crippen molar-refractivity contribution in [3.8, 4) is 0 Å². The lowest BCUT2D eigenvalue weighted by atomic mass is 9.64. The summed E-state index contributed by atoms with van der Waals surface area (Å²) in [5, 5.41) is 71.4. The van der Waals surface area contributed by atoms with Crippen LogP contribution < -0.4 is 11.2 Å². The van der Waals surface area contributed by atoms with E-state index in [0.29, 0.717) is 15.4 Å². The van der Waals surface area contributed by atoms with E-state index in [1.54, 1.807) is 0 Å². The summed E-state index contributed by atoms with van der Waals surface area (Å²) >= 11 is 0. The summed E-state index contributed by atoms with van der Waals surface area (Å²) < 4.78 is 7.12. The van der Waals surface area contributed by atoms with Crippen molar-refractivity contribution in [2.75, 3.05) is 6.61 Å². The van der Waals surface area contributed by atoms with Crippen molar-refractivity contribution >= 4 is 17.9 Å². The lowest BCUT2D eigenvalue weighted by Gasteiger charge is -2.47. The van der Waals surface area contributed by atoms with Gasteiger partial charge in [0, 0.05) is 23.7 Å². The Balaban J connectivity index is 2.14. The first-order chi connectivity index (χ1) is 21.3. The van der Waals surface area contributed by atoms with E-state index in [0.717, 1.165) is 43.4 Å². The summed E-state index contributed by atoms with van der Waals surface area (Å²) in [6, 6.07) is 14.1. The number of benzene rings is 3. The molecule has 5 rings (SSSR count). The van der Waals surface area contributed by atoms with Crippen molar-refractivity contribution in [1.29, 1.82) is 0 Å². The SMILES string of the molecule is Cn1c(=O)cnn([C@]2(c3ccccc3C(=O)O)O[C@H](CO)[C@](O)(c3ccccc3C(=O)O)[C@]2(O)c2ccccc2C(=O)O)c1=O. The van der Waals surface area contributed by atoms with Crippen LogP contribution in [-0.4, -0.2) is 75.6 Å². The van der Waals surface area contributed by atoms with Gasteiger partial charge in [-0.15, -0.1) is 0 Å². The van der Waals surface area contributed by atoms with Crippen LogP contribution in [0.25, 0.3) is 0 Å². The predicted molar refractivity (Wildman–Crippen MR) is 151 cm³/mol. The molecule has 1 aliphatic rings. The van der Waals surface area contributed by atoms with Gasteiger partial charge in [-0.25, -0.2) is 19.2 Å². The molecule has 0 amide bonds. The van der Waals surface area contributed by atoms with E-state index in [9.17, 15) is 54.6 Å². The van der Waals surface area contributed by atoms with Gasteiger partial charge in [0.1, 0.15) is 12.3 Å². The van der Waals surface area contributed by atoms with E-state index in [4.69, 9.17) is 4.74 Å². The number of aliphatic hydroxyl groups is 3.